The number of likely N-dealkylation sites (tertiary alicyclic amines) is 1. The maximum absolute atomic E-state index is 12.9. The first-order valence-electron chi connectivity index (χ1n) is 9.39. The third-order valence-electron chi connectivity index (χ3n) is 5.25. The molecular formula is C21H19Cl2NO6. The van der Waals surface area contributed by atoms with Crippen LogP contribution in [-0.4, -0.2) is 48.1 Å². The second-order valence-corrected chi connectivity index (χ2v) is 7.89. The summed E-state index contributed by atoms with van der Waals surface area (Å²) in [4.78, 5) is 27.1. The van der Waals surface area contributed by atoms with Crippen molar-refractivity contribution < 1.29 is 28.6 Å². The topological polar surface area (TPSA) is 89.2 Å². The molecule has 1 N–H and O–H groups in total. The van der Waals surface area contributed by atoms with Crippen LogP contribution >= 0.6 is 23.2 Å². The summed E-state index contributed by atoms with van der Waals surface area (Å²) in [6.45, 7) is 0.833. The van der Waals surface area contributed by atoms with Crippen molar-refractivity contribution in [2.45, 2.75) is 25.0 Å². The molecule has 2 aromatic rings. The van der Waals surface area contributed by atoms with Crippen molar-refractivity contribution in [1.82, 2.24) is 4.90 Å². The number of aliphatic hydroxyl groups excluding tert-OH is 1. The molecule has 2 saturated heterocycles. The van der Waals surface area contributed by atoms with E-state index in [1.165, 1.54) is 30.4 Å². The van der Waals surface area contributed by atoms with Crippen LogP contribution in [0.3, 0.4) is 0 Å². The van der Waals surface area contributed by atoms with Crippen molar-refractivity contribution in [3.05, 3.63) is 57.5 Å². The van der Waals surface area contributed by atoms with Crippen molar-refractivity contribution in [3.8, 4) is 5.75 Å². The minimum absolute atomic E-state index is 0.0924. The maximum Gasteiger partial charge on any atom is 0.295 e. The van der Waals surface area contributed by atoms with Gasteiger partial charge in [0.15, 0.2) is 5.75 Å². The number of hydrogen-bond acceptors (Lipinski definition) is 6. The van der Waals surface area contributed by atoms with Crippen LogP contribution in [0.2, 0.25) is 10.0 Å². The van der Waals surface area contributed by atoms with E-state index in [1.54, 1.807) is 12.1 Å². The summed E-state index contributed by atoms with van der Waals surface area (Å²) in [7, 11) is 1.42. The number of Topliss-reactive ketones (excluding diaryl/α,β-unsaturated/α-hetero) is 1. The lowest BCUT2D eigenvalue weighted by molar-refractivity contribution is -0.141. The Hall–Kier alpha value is -2.48. The van der Waals surface area contributed by atoms with Gasteiger partial charge in [0, 0.05) is 18.7 Å². The van der Waals surface area contributed by atoms with Gasteiger partial charge in [-0.2, -0.15) is 0 Å². The number of nitrogens with zero attached hydrogens (tertiary/aromatic N) is 1. The average Bonchev–Trinajstić information content (AvgIpc) is 3.46. The van der Waals surface area contributed by atoms with E-state index in [2.05, 4.69) is 0 Å². The Morgan fingerprint density at radius 3 is 2.60 bits per heavy atom. The van der Waals surface area contributed by atoms with Gasteiger partial charge >= 0.3 is 0 Å². The first-order valence-corrected chi connectivity index (χ1v) is 10.1. The van der Waals surface area contributed by atoms with Crippen LogP contribution in [-0.2, 0) is 14.3 Å². The van der Waals surface area contributed by atoms with Gasteiger partial charge in [0.25, 0.3) is 11.7 Å². The molecule has 1 amide bonds. The Morgan fingerprint density at radius 2 is 2.03 bits per heavy atom. The van der Waals surface area contributed by atoms with Crippen LogP contribution in [0.4, 0.5) is 0 Å². The van der Waals surface area contributed by atoms with Crippen molar-refractivity contribution in [2.75, 3.05) is 20.3 Å². The summed E-state index contributed by atoms with van der Waals surface area (Å²) >= 11 is 12.4. The number of rotatable bonds is 5. The quantitative estimate of drug-likeness (QED) is 0.416. The van der Waals surface area contributed by atoms with Gasteiger partial charge in [-0.05, 0) is 37.1 Å². The van der Waals surface area contributed by atoms with Crippen molar-refractivity contribution in [3.63, 3.8) is 0 Å². The lowest BCUT2D eigenvalue weighted by atomic mass is 9.99. The number of ether oxygens (including phenoxy) is 2. The van der Waals surface area contributed by atoms with E-state index in [0.29, 0.717) is 12.4 Å². The summed E-state index contributed by atoms with van der Waals surface area (Å²) in [5.41, 5.74) is 0.0997. The molecule has 2 aliphatic rings. The van der Waals surface area contributed by atoms with Crippen molar-refractivity contribution in [2.24, 2.45) is 0 Å². The highest BCUT2D eigenvalue weighted by molar-refractivity contribution is 6.46. The molecule has 2 atom stereocenters. The number of ketones is 1. The zero-order valence-corrected chi connectivity index (χ0v) is 17.6. The molecule has 7 nitrogen and oxygen atoms in total. The Bertz CT molecular complexity index is 988. The standard InChI is InChI=1S/C21H19Cl2NO6/c1-28-20-13(22)8-11(9-14(20)23)18(25)16-17(15-5-3-7-30-15)24(21(27)19(16)26)10-12-4-2-6-29-12/h3,5,7-9,12,17,25H,2,4,6,10H2,1H3/b18-16-. The SMILES string of the molecule is COc1c(Cl)cc(/C(O)=C2/C(=O)C(=O)N(CC3CCCO3)C2c2ccco2)cc1Cl. The van der Waals surface area contributed by atoms with E-state index >= 15 is 0 Å². The van der Waals surface area contributed by atoms with Crippen molar-refractivity contribution in [1.29, 1.82) is 0 Å². The van der Waals surface area contributed by atoms with Crippen LogP contribution < -0.4 is 4.74 Å². The van der Waals surface area contributed by atoms with E-state index in [-0.39, 0.29) is 39.6 Å². The minimum Gasteiger partial charge on any atom is -0.507 e. The summed E-state index contributed by atoms with van der Waals surface area (Å²) in [6.07, 6.45) is 2.95. The van der Waals surface area contributed by atoms with E-state index in [1.807, 2.05) is 0 Å². The van der Waals surface area contributed by atoms with Crippen LogP contribution in [0.5, 0.6) is 5.75 Å². The third-order valence-corrected chi connectivity index (χ3v) is 5.81. The molecular weight excluding hydrogens is 433 g/mol. The predicted octanol–water partition coefficient (Wildman–Crippen LogP) is 4.20. The van der Waals surface area contributed by atoms with Gasteiger partial charge in [0.1, 0.15) is 17.6 Å². The molecule has 9 heteroatoms. The van der Waals surface area contributed by atoms with E-state index in [0.717, 1.165) is 12.8 Å². The summed E-state index contributed by atoms with van der Waals surface area (Å²) < 4.78 is 16.3. The summed E-state index contributed by atoms with van der Waals surface area (Å²) in [5.74, 6) is -1.32. The van der Waals surface area contributed by atoms with Gasteiger partial charge in [-0.25, -0.2) is 0 Å². The van der Waals surface area contributed by atoms with Gasteiger partial charge in [0.2, 0.25) is 0 Å². The molecule has 3 heterocycles. The van der Waals surface area contributed by atoms with Gasteiger partial charge in [-0.15, -0.1) is 0 Å². The first-order chi connectivity index (χ1) is 14.4. The summed E-state index contributed by atoms with van der Waals surface area (Å²) in [6, 6.07) is 5.27. The number of furan rings is 1. The Morgan fingerprint density at radius 1 is 1.30 bits per heavy atom. The number of methoxy groups -OCH3 is 1. The van der Waals surface area contributed by atoms with Gasteiger partial charge in [-0.3, -0.25) is 9.59 Å². The normalized spacial score (nSPS) is 23.4. The Labute approximate surface area is 182 Å². The van der Waals surface area contributed by atoms with Crippen LogP contribution in [0, 0.1) is 0 Å². The molecule has 158 valence electrons. The highest BCUT2D eigenvalue weighted by Gasteiger charge is 2.48. The number of carbonyl (C=O) groups is 2. The Kier molecular flexibility index (Phi) is 5.77. The number of aliphatic hydroxyl groups is 1. The molecule has 1 aromatic heterocycles. The first kappa shape index (κ1) is 20.8. The molecule has 4 rings (SSSR count). The van der Waals surface area contributed by atoms with E-state index < -0.39 is 23.5 Å². The second kappa shape index (κ2) is 8.34. The highest BCUT2D eigenvalue weighted by Crippen LogP contribution is 2.42. The number of hydrogen-bond donors (Lipinski definition) is 1. The highest BCUT2D eigenvalue weighted by atomic mass is 35.5. The van der Waals surface area contributed by atoms with Crippen LogP contribution in [0.25, 0.3) is 5.76 Å². The average molecular weight is 452 g/mol. The molecule has 0 radical (unpaired) electrons. The molecule has 30 heavy (non-hydrogen) atoms. The maximum atomic E-state index is 12.9. The third kappa shape index (κ3) is 3.57. The zero-order chi connectivity index (χ0) is 21.4. The molecule has 1 aromatic carbocycles. The summed E-state index contributed by atoms with van der Waals surface area (Å²) in [5, 5.41) is 11.3. The molecule has 2 unspecified atom stereocenters. The van der Waals surface area contributed by atoms with Crippen molar-refractivity contribution >= 4 is 40.7 Å². The fourth-order valence-corrected chi connectivity index (χ4v) is 4.51. The smallest absolute Gasteiger partial charge is 0.295 e. The lowest BCUT2D eigenvalue weighted by Gasteiger charge is -2.25. The number of halogens is 2. The molecule has 0 saturated carbocycles. The number of carbonyl (C=O) groups excluding carboxylic acids is 2. The Balaban J connectivity index is 1.82. The molecule has 0 aliphatic carbocycles. The fourth-order valence-electron chi connectivity index (χ4n) is 3.87. The monoisotopic (exact) mass is 451 g/mol. The lowest BCUT2D eigenvalue weighted by Crippen LogP contribution is -2.36. The minimum atomic E-state index is -0.885. The second-order valence-electron chi connectivity index (χ2n) is 7.08. The van der Waals surface area contributed by atoms with Crippen LogP contribution in [0.1, 0.15) is 30.2 Å². The number of amides is 1. The number of benzene rings is 1. The van der Waals surface area contributed by atoms with Gasteiger partial charge in [-0.1, -0.05) is 23.2 Å². The predicted molar refractivity (Wildman–Crippen MR) is 110 cm³/mol. The van der Waals surface area contributed by atoms with Gasteiger partial charge < -0.3 is 23.9 Å². The largest absolute Gasteiger partial charge is 0.507 e. The fraction of sp³-hybridized carbons (Fsp3) is 0.333. The molecule has 0 bridgehead atoms. The molecule has 2 aliphatic heterocycles. The molecule has 2 fully saturated rings. The zero-order valence-electron chi connectivity index (χ0n) is 16.1. The van der Waals surface area contributed by atoms with Gasteiger partial charge in [0.05, 0.1) is 35.1 Å². The van der Waals surface area contributed by atoms with E-state index in [4.69, 9.17) is 37.1 Å². The van der Waals surface area contributed by atoms with E-state index in [9.17, 15) is 14.7 Å². The van der Waals surface area contributed by atoms with Crippen LogP contribution in [0.15, 0.2) is 40.5 Å². The molecule has 0 spiro atoms.